The van der Waals surface area contributed by atoms with E-state index >= 15 is 0 Å². The van der Waals surface area contributed by atoms with Gasteiger partial charge in [-0.15, -0.1) is 0 Å². The molecule has 218 valence electrons. The van der Waals surface area contributed by atoms with E-state index in [1.807, 2.05) is 48.2 Å². The summed E-state index contributed by atoms with van der Waals surface area (Å²) >= 11 is 0. The Bertz CT molecular complexity index is 1770. The maximum absolute atomic E-state index is 12.6. The van der Waals surface area contributed by atoms with Crippen molar-refractivity contribution in [2.24, 2.45) is 5.73 Å². The number of primary amides is 1. The average molecular weight is 568 g/mol. The number of amides is 2. The molecule has 0 unspecified atom stereocenters. The van der Waals surface area contributed by atoms with E-state index < -0.39 is 5.91 Å². The van der Waals surface area contributed by atoms with Crippen molar-refractivity contribution < 1.29 is 14.0 Å². The lowest BCUT2D eigenvalue weighted by atomic mass is 10.1. The first-order valence-electron chi connectivity index (χ1n) is 14.7. The molecule has 2 aromatic carbocycles. The van der Waals surface area contributed by atoms with Crippen LogP contribution in [0.15, 0.2) is 65.2 Å². The maximum atomic E-state index is 12.6. The highest BCUT2D eigenvalue weighted by Crippen LogP contribution is 2.27. The van der Waals surface area contributed by atoms with Crippen LogP contribution in [-0.2, 0) is 11.2 Å². The number of aromatic nitrogens is 2. The zero-order chi connectivity index (χ0) is 29.6. The summed E-state index contributed by atoms with van der Waals surface area (Å²) in [6.45, 7) is 7.39. The van der Waals surface area contributed by atoms with Crippen molar-refractivity contribution >= 4 is 39.5 Å². The van der Waals surface area contributed by atoms with E-state index in [0.29, 0.717) is 37.3 Å². The topological polar surface area (TPSA) is 120 Å². The number of anilines is 1. The zero-order valence-electron chi connectivity index (χ0n) is 24.6. The lowest BCUT2D eigenvalue weighted by Crippen LogP contribution is -2.32. The minimum atomic E-state index is -0.457. The second kappa shape index (κ2) is 12.9. The van der Waals surface area contributed by atoms with Crippen LogP contribution in [0, 0.1) is 0 Å². The second-order valence-electron chi connectivity index (χ2n) is 10.7. The number of rotatable bonds is 12. The zero-order valence-corrected chi connectivity index (χ0v) is 24.6. The van der Waals surface area contributed by atoms with Gasteiger partial charge in [0.05, 0.1) is 12.5 Å². The van der Waals surface area contributed by atoms with E-state index in [2.05, 4.69) is 41.2 Å². The molecule has 2 heterocycles. The predicted molar refractivity (Wildman–Crippen MR) is 168 cm³/mol. The van der Waals surface area contributed by atoms with E-state index in [1.165, 1.54) is 0 Å². The Balaban J connectivity index is 1.23. The van der Waals surface area contributed by atoms with Crippen LogP contribution in [0.4, 0.5) is 5.69 Å². The van der Waals surface area contributed by atoms with Crippen LogP contribution in [0.3, 0.4) is 0 Å². The number of unbranched alkanes of at least 4 members (excludes halogenated alkanes) is 1. The molecule has 0 fully saturated rings. The van der Waals surface area contributed by atoms with E-state index in [1.54, 1.807) is 12.1 Å². The van der Waals surface area contributed by atoms with Crippen molar-refractivity contribution in [2.75, 3.05) is 38.1 Å². The fraction of sp³-hybridized carbons (Fsp3) is 0.333. The smallest absolute Gasteiger partial charge is 0.248 e. The molecule has 3 aromatic rings. The first-order chi connectivity index (χ1) is 20.4. The summed E-state index contributed by atoms with van der Waals surface area (Å²) in [6, 6.07) is 17.5. The molecule has 0 bridgehead atoms. The van der Waals surface area contributed by atoms with Gasteiger partial charge < -0.3 is 25.4 Å². The summed E-state index contributed by atoms with van der Waals surface area (Å²) in [7, 11) is 1.97. The molecule has 5 rings (SSSR count). The summed E-state index contributed by atoms with van der Waals surface area (Å²) < 4.78 is 8.36. The van der Waals surface area contributed by atoms with Crippen molar-refractivity contribution in [3.8, 4) is 11.5 Å². The molecule has 9 nitrogen and oxygen atoms in total. The van der Waals surface area contributed by atoms with Gasteiger partial charge in [-0.2, -0.15) is 0 Å². The maximum Gasteiger partial charge on any atom is 0.248 e. The Morgan fingerprint density at radius 1 is 1.10 bits per heavy atom. The Morgan fingerprint density at radius 3 is 2.74 bits per heavy atom. The van der Waals surface area contributed by atoms with E-state index in [4.69, 9.17) is 15.1 Å². The SMILES string of the molecule is CCCCN(CC)c1ccc2nc3ccc(=[N+](C)CCC(=O)NCCc4c[nH]c5ccc(C(N)=O)cc45)cc-3oc2c1. The number of nitrogens with one attached hydrogen (secondary N) is 2. The van der Waals surface area contributed by atoms with Crippen LogP contribution < -0.4 is 25.9 Å². The highest BCUT2D eigenvalue weighted by molar-refractivity contribution is 5.97. The normalized spacial score (nSPS) is 12.2. The lowest BCUT2D eigenvalue weighted by Gasteiger charge is -2.23. The number of nitrogens with two attached hydrogens (primary N) is 1. The molecule has 0 spiro atoms. The Morgan fingerprint density at radius 2 is 1.95 bits per heavy atom. The second-order valence-corrected chi connectivity index (χ2v) is 10.7. The summed E-state index contributed by atoms with van der Waals surface area (Å²) in [4.78, 5) is 34.5. The summed E-state index contributed by atoms with van der Waals surface area (Å²) in [5.74, 6) is 0.235. The van der Waals surface area contributed by atoms with Crippen molar-refractivity contribution in [1.29, 1.82) is 0 Å². The van der Waals surface area contributed by atoms with Gasteiger partial charge in [0.2, 0.25) is 17.2 Å². The molecule has 9 heteroatoms. The van der Waals surface area contributed by atoms with Crippen LogP contribution in [-0.4, -0.2) is 55.0 Å². The first kappa shape index (κ1) is 28.9. The molecule has 0 saturated carbocycles. The summed E-state index contributed by atoms with van der Waals surface area (Å²) in [5.41, 5.74) is 11.4. The van der Waals surface area contributed by atoms with Gasteiger partial charge in [0.25, 0.3) is 0 Å². The predicted octanol–water partition coefficient (Wildman–Crippen LogP) is 4.29. The molecule has 4 N–H and O–H groups in total. The van der Waals surface area contributed by atoms with Gasteiger partial charge in [-0.3, -0.25) is 9.59 Å². The summed E-state index contributed by atoms with van der Waals surface area (Å²) in [6.07, 6.45) is 5.22. The highest BCUT2D eigenvalue weighted by atomic mass is 16.3. The highest BCUT2D eigenvalue weighted by Gasteiger charge is 2.14. The van der Waals surface area contributed by atoms with Gasteiger partial charge >= 0.3 is 0 Å². The van der Waals surface area contributed by atoms with Gasteiger partial charge in [0.15, 0.2) is 17.9 Å². The number of benzene rings is 3. The number of hydrogen-bond acceptors (Lipinski definition) is 5. The molecular weight excluding hydrogens is 528 g/mol. The van der Waals surface area contributed by atoms with E-state index in [-0.39, 0.29) is 5.91 Å². The van der Waals surface area contributed by atoms with Crippen molar-refractivity contribution in [1.82, 2.24) is 19.9 Å². The van der Waals surface area contributed by atoms with Crippen LogP contribution in [0.25, 0.3) is 33.5 Å². The van der Waals surface area contributed by atoms with Crippen LogP contribution in [0.5, 0.6) is 0 Å². The van der Waals surface area contributed by atoms with Crippen LogP contribution >= 0.6 is 0 Å². The molecule has 0 atom stereocenters. The number of fused-ring (bicyclic) bond motifs is 3. The van der Waals surface area contributed by atoms with Gasteiger partial charge in [0, 0.05) is 60.1 Å². The number of H-pyrrole nitrogens is 1. The lowest BCUT2D eigenvalue weighted by molar-refractivity contribution is -0.121. The standard InChI is InChI=1S/C33H38N6O3/c1-4-6-16-39(5-2)25-9-12-29-31(20-25)42-30-19-24(8-11-28(30)37-29)38(3)17-14-32(40)35-15-13-23-21-36-27-10-7-22(33(34)41)18-26(23)27/h7-12,18-21H,4-6,13-17H2,1-3H3,(H3-,34,35,36,40,41)/p+1. The number of carbonyl (C=O) groups excluding carboxylic acids is 2. The molecular formula is C33H39N6O3+. The van der Waals surface area contributed by atoms with Gasteiger partial charge in [-0.25, -0.2) is 9.56 Å². The first-order valence-corrected chi connectivity index (χ1v) is 14.7. The number of nitrogens with zero attached hydrogens (tertiary/aromatic N) is 3. The van der Waals surface area contributed by atoms with Gasteiger partial charge in [0.1, 0.15) is 18.3 Å². The summed E-state index contributed by atoms with van der Waals surface area (Å²) in [5, 5.41) is 4.91. The molecule has 1 aliphatic heterocycles. The monoisotopic (exact) mass is 567 g/mol. The van der Waals surface area contributed by atoms with Gasteiger partial charge in [-0.05, 0) is 61.7 Å². The third-order valence-corrected chi connectivity index (χ3v) is 7.76. The minimum Gasteiger partial charge on any atom is -0.452 e. The van der Waals surface area contributed by atoms with Gasteiger partial charge in [-0.1, -0.05) is 13.3 Å². The molecule has 42 heavy (non-hydrogen) atoms. The molecule has 2 amide bonds. The molecule has 2 aliphatic rings. The third kappa shape index (κ3) is 6.46. The minimum absolute atomic E-state index is 0.0197. The fourth-order valence-corrected chi connectivity index (χ4v) is 5.22. The molecule has 1 aliphatic carbocycles. The van der Waals surface area contributed by atoms with E-state index in [9.17, 15) is 9.59 Å². The number of aromatic amines is 1. The molecule has 0 saturated heterocycles. The van der Waals surface area contributed by atoms with Crippen molar-refractivity contribution in [3.05, 3.63) is 77.3 Å². The molecule has 1 aromatic heterocycles. The quantitative estimate of drug-likeness (QED) is 0.153. The number of carbonyl (C=O) groups is 2. The Labute approximate surface area is 245 Å². The van der Waals surface area contributed by atoms with Crippen molar-refractivity contribution in [2.45, 2.75) is 39.5 Å². The Hall–Kier alpha value is -4.66. The Kier molecular flexibility index (Phi) is 8.85. The van der Waals surface area contributed by atoms with Crippen LogP contribution in [0.1, 0.15) is 49.0 Å². The molecule has 0 radical (unpaired) electrons. The van der Waals surface area contributed by atoms with Crippen LogP contribution in [0.2, 0.25) is 0 Å². The largest absolute Gasteiger partial charge is 0.452 e. The average Bonchev–Trinajstić information content (AvgIpc) is 3.41. The van der Waals surface area contributed by atoms with Crippen molar-refractivity contribution in [3.63, 3.8) is 0 Å². The van der Waals surface area contributed by atoms with E-state index in [0.717, 1.165) is 70.2 Å². The third-order valence-electron chi connectivity index (χ3n) is 7.76. The number of hydrogen-bond donors (Lipinski definition) is 3. The fourth-order valence-electron chi connectivity index (χ4n) is 5.22.